The monoisotopic (exact) mass is 338 g/mol. The zero-order chi connectivity index (χ0) is 18.0. The fourth-order valence-corrected chi connectivity index (χ4v) is 2.48. The number of pyridine rings is 1. The summed E-state index contributed by atoms with van der Waals surface area (Å²) in [6, 6.07) is 12.8. The smallest absolute Gasteiger partial charge is 0.344 e. The van der Waals surface area contributed by atoms with E-state index in [0.29, 0.717) is 27.9 Å². The van der Waals surface area contributed by atoms with Crippen LogP contribution < -0.4 is 9.47 Å². The topological polar surface area (TPSA) is 91.6 Å². The molecule has 0 saturated carbocycles. The molecule has 25 heavy (non-hydrogen) atoms. The van der Waals surface area contributed by atoms with Crippen molar-refractivity contribution in [3.63, 3.8) is 0 Å². The van der Waals surface area contributed by atoms with Gasteiger partial charge in [0.25, 0.3) is 0 Å². The van der Waals surface area contributed by atoms with Crippen LogP contribution in [0.25, 0.3) is 10.9 Å². The minimum atomic E-state index is -0.685. The fraction of sp³-hybridized carbons (Fsp3) is 0.111. The molecule has 7 heteroatoms. The molecule has 0 saturated heterocycles. The third kappa shape index (κ3) is 3.25. The first-order valence-corrected chi connectivity index (χ1v) is 7.40. The van der Waals surface area contributed by atoms with Crippen LogP contribution in [0.5, 0.6) is 11.5 Å². The molecule has 3 rings (SSSR count). The molecule has 0 bridgehead atoms. The maximum atomic E-state index is 12.6. The predicted molar refractivity (Wildman–Crippen MR) is 91.1 cm³/mol. The van der Waals surface area contributed by atoms with Crippen molar-refractivity contribution in [1.82, 2.24) is 4.98 Å². The SMILES string of the molecule is COc1ccc(OC(=O)c2cc(C)nc3ccccc23)c([N+](=O)[O-])c1. The molecule has 0 fully saturated rings. The molecule has 2 aromatic carbocycles. The van der Waals surface area contributed by atoms with Crippen molar-refractivity contribution in [1.29, 1.82) is 0 Å². The molecule has 0 aliphatic carbocycles. The Kier molecular flexibility index (Phi) is 4.30. The number of carbonyl (C=O) groups is 1. The summed E-state index contributed by atoms with van der Waals surface area (Å²) in [4.78, 5) is 27.6. The number of para-hydroxylation sites is 1. The molecule has 0 spiro atoms. The van der Waals surface area contributed by atoms with Crippen molar-refractivity contribution in [3.05, 3.63) is 69.9 Å². The van der Waals surface area contributed by atoms with Crippen molar-refractivity contribution in [2.75, 3.05) is 7.11 Å². The number of esters is 1. The van der Waals surface area contributed by atoms with Crippen LogP contribution in [0.15, 0.2) is 48.5 Å². The van der Waals surface area contributed by atoms with Gasteiger partial charge in [-0.05, 0) is 31.2 Å². The Hall–Kier alpha value is -3.48. The minimum absolute atomic E-state index is 0.144. The maximum absolute atomic E-state index is 12.6. The van der Waals surface area contributed by atoms with Gasteiger partial charge in [0, 0.05) is 11.1 Å². The van der Waals surface area contributed by atoms with E-state index >= 15 is 0 Å². The zero-order valence-corrected chi connectivity index (χ0v) is 13.6. The molecule has 0 aliphatic rings. The van der Waals surface area contributed by atoms with Gasteiger partial charge in [-0.2, -0.15) is 0 Å². The van der Waals surface area contributed by atoms with Crippen LogP contribution in [-0.2, 0) is 0 Å². The van der Waals surface area contributed by atoms with Crippen molar-refractivity contribution >= 4 is 22.6 Å². The van der Waals surface area contributed by atoms with Gasteiger partial charge in [-0.3, -0.25) is 15.1 Å². The summed E-state index contributed by atoms with van der Waals surface area (Å²) in [6.07, 6.45) is 0. The van der Waals surface area contributed by atoms with E-state index in [4.69, 9.17) is 9.47 Å². The number of nitro groups is 1. The lowest BCUT2D eigenvalue weighted by Gasteiger charge is -2.09. The van der Waals surface area contributed by atoms with Gasteiger partial charge in [0.1, 0.15) is 5.75 Å². The van der Waals surface area contributed by atoms with E-state index in [1.807, 2.05) is 6.07 Å². The van der Waals surface area contributed by atoms with Gasteiger partial charge >= 0.3 is 11.7 Å². The predicted octanol–water partition coefficient (Wildman–Crippen LogP) is 3.68. The van der Waals surface area contributed by atoms with E-state index < -0.39 is 10.9 Å². The molecular formula is C18H14N2O5. The summed E-state index contributed by atoms with van der Waals surface area (Å²) in [7, 11) is 1.40. The number of hydrogen-bond acceptors (Lipinski definition) is 6. The number of aromatic nitrogens is 1. The first kappa shape index (κ1) is 16.4. The molecule has 126 valence electrons. The van der Waals surface area contributed by atoms with Gasteiger partial charge in [-0.25, -0.2) is 4.79 Å². The third-order valence-electron chi connectivity index (χ3n) is 3.63. The molecule has 7 nitrogen and oxygen atoms in total. The summed E-state index contributed by atoms with van der Waals surface area (Å²) in [5.41, 5.74) is 1.25. The van der Waals surface area contributed by atoms with Gasteiger partial charge < -0.3 is 9.47 Å². The van der Waals surface area contributed by atoms with E-state index in [9.17, 15) is 14.9 Å². The lowest BCUT2D eigenvalue weighted by atomic mass is 10.1. The van der Waals surface area contributed by atoms with E-state index in [1.54, 1.807) is 31.2 Å². The number of nitro benzene ring substituents is 1. The Bertz CT molecular complexity index is 984. The van der Waals surface area contributed by atoms with Crippen LogP contribution in [0.4, 0.5) is 5.69 Å². The van der Waals surface area contributed by atoms with Crippen LogP contribution in [0.3, 0.4) is 0 Å². The molecule has 0 N–H and O–H groups in total. The number of benzene rings is 2. The van der Waals surface area contributed by atoms with E-state index in [2.05, 4.69) is 4.98 Å². The highest BCUT2D eigenvalue weighted by Gasteiger charge is 2.21. The standard InChI is InChI=1S/C18H14N2O5/c1-11-9-14(13-5-3-4-6-15(13)19-11)18(21)25-17-8-7-12(24-2)10-16(17)20(22)23/h3-10H,1-2H3. The van der Waals surface area contributed by atoms with Gasteiger partial charge in [-0.15, -0.1) is 0 Å². The molecule has 3 aromatic rings. The highest BCUT2D eigenvalue weighted by Crippen LogP contribution is 2.32. The number of methoxy groups -OCH3 is 1. The van der Waals surface area contributed by atoms with Crippen molar-refractivity contribution in [3.8, 4) is 11.5 Å². The molecule has 0 unspecified atom stereocenters. The Morgan fingerprint density at radius 3 is 2.64 bits per heavy atom. The lowest BCUT2D eigenvalue weighted by Crippen LogP contribution is -2.11. The number of fused-ring (bicyclic) bond motifs is 1. The molecular weight excluding hydrogens is 324 g/mol. The van der Waals surface area contributed by atoms with Gasteiger partial charge in [0.15, 0.2) is 0 Å². The molecule has 0 amide bonds. The second-order valence-corrected chi connectivity index (χ2v) is 5.31. The lowest BCUT2D eigenvalue weighted by molar-refractivity contribution is -0.385. The van der Waals surface area contributed by atoms with Crippen molar-refractivity contribution in [2.24, 2.45) is 0 Å². The number of carbonyl (C=O) groups excluding carboxylic acids is 1. The van der Waals surface area contributed by atoms with Crippen LogP contribution in [-0.4, -0.2) is 23.0 Å². The van der Waals surface area contributed by atoms with Gasteiger partial charge in [-0.1, -0.05) is 18.2 Å². The highest BCUT2D eigenvalue weighted by atomic mass is 16.6. The van der Waals surface area contributed by atoms with Gasteiger partial charge in [0.05, 0.1) is 29.2 Å². The average molecular weight is 338 g/mol. The number of ether oxygens (including phenoxy) is 2. The van der Waals surface area contributed by atoms with Crippen molar-refractivity contribution in [2.45, 2.75) is 6.92 Å². The highest BCUT2D eigenvalue weighted by molar-refractivity contribution is 6.04. The van der Waals surface area contributed by atoms with Crippen molar-refractivity contribution < 1.29 is 19.2 Å². The van der Waals surface area contributed by atoms with Crippen LogP contribution in [0, 0.1) is 17.0 Å². The van der Waals surface area contributed by atoms with Crippen LogP contribution in [0.1, 0.15) is 16.1 Å². The largest absolute Gasteiger partial charge is 0.496 e. The fourth-order valence-electron chi connectivity index (χ4n) is 2.48. The number of rotatable bonds is 4. The summed E-state index contributed by atoms with van der Waals surface area (Å²) in [6.45, 7) is 1.76. The Morgan fingerprint density at radius 1 is 1.16 bits per heavy atom. The van der Waals surface area contributed by atoms with Crippen LogP contribution >= 0.6 is 0 Å². The molecule has 1 aromatic heterocycles. The quantitative estimate of drug-likeness (QED) is 0.312. The Balaban J connectivity index is 2.03. The zero-order valence-electron chi connectivity index (χ0n) is 13.6. The second kappa shape index (κ2) is 6.56. The minimum Gasteiger partial charge on any atom is -0.496 e. The van der Waals surface area contributed by atoms with Gasteiger partial charge in [0.2, 0.25) is 5.75 Å². The number of hydrogen-bond donors (Lipinski definition) is 0. The summed E-state index contributed by atoms with van der Waals surface area (Å²) in [5.74, 6) is -0.527. The Labute approximate surface area is 143 Å². The van der Waals surface area contributed by atoms with E-state index in [1.165, 1.54) is 25.3 Å². The third-order valence-corrected chi connectivity index (χ3v) is 3.63. The van der Waals surface area contributed by atoms with E-state index in [-0.39, 0.29) is 11.4 Å². The Morgan fingerprint density at radius 2 is 1.92 bits per heavy atom. The van der Waals surface area contributed by atoms with Crippen LogP contribution in [0.2, 0.25) is 0 Å². The molecule has 1 heterocycles. The first-order valence-electron chi connectivity index (χ1n) is 7.40. The number of aryl methyl sites for hydroxylation is 1. The molecule has 0 aliphatic heterocycles. The summed E-state index contributed by atoms with van der Waals surface area (Å²) < 4.78 is 10.3. The van der Waals surface area contributed by atoms with E-state index in [0.717, 1.165) is 0 Å². The average Bonchev–Trinajstić information content (AvgIpc) is 2.61. The normalized spacial score (nSPS) is 10.5. The maximum Gasteiger partial charge on any atom is 0.344 e. The summed E-state index contributed by atoms with van der Waals surface area (Å²) in [5, 5.41) is 11.8. The second-order valence-electron chi connectivity index (χ2n) is 5.31. The molecule has 0 radical (unpaired) electrons. The number of nitrogens with zero attached hydrogens (tertiary/aromatic N) is 2. The molecule has 0 atom stereocenters. The summed E-state index contributed by atoms with van der Waals surface area (Å²) >= 11 is 0. The first-order chi connectivity index (χ1) is 12.0.